The molecule has 6 heteroatoms. The summed E-state index contributed by atoms with van der Waals surface area (Å²) in [5.74, 6) is 1.32. The van der Waals surface area contributed by atoms with E-state index in [1.807, 2.05) is 26.8 Å². The highest BCUT2D eigenvalue weighted by Crippen LogP contribution is 2.64. The number of fused-ring (bicyclic) bond motifs is 3. The fourth-order valence-corrected chi connectivity index (χ4v) is 5.97. The highest BCUT2D eigenvalue weighted by atomic mass is 19.1. The summed E-state index contributed by atoms with van der Waals surface area (Å²) in [4.78, 5) is 2.31. The molecule has 4 fully saturated rings. The molecule has 2 heterocycles. The Hall–Kier alpha value is -1.37. The molecule has 5 nitrogen and oxygen atoms in total. The number of aliphatic hydroxyl groups is 1. The first-order valence-corrected chi connectivity index (χ1v) is 11.3. The maximum atomic E-state index is 15.6. The first-order valence-electron chi connectivity index (χ1n) is 11.3. The molecule has 5 aliphatic rings. The molecule has 3 aliphatic carbocycles. The zero-order valence-corrected chi connectivity index (χ0v) is 18.5. The van der Waals surface area contributed by atoms with Gasteiger partial charge in [0.05, 0.1) is 31.5 Å². The van der Waals surface area contributed by atoms with Crippen molar-refractivity contribution in [3.8, 4) is 11.5 Å². The number of halogens is 1. The minimum Gasteiger partial charge on any atom is -0.493 e. The van der Waals surface area contributed by atoms with E-state index in [0.717, 1.165) is 18.0 Å². The van der Waals surface area contributed by atoms with Gasteiger partial charge >= 0.3 is 0 Å². The molecule has 1 aromatic carbocycles. The van der Waals surface area contributed by atoms with Crippen LogP contribution in [0.15, 0.2) is 6.07 Å². The van der Waals surface area contributed by atoms with E-state index in [1.54, 1.807) is 7.11 Å². The zero-order valence-electron chi connectivity index (χ0n) is 18.5. The monoisotopic (exact) mass is 419 g/mol. The minimum absolute atomic E-state index is 0.0290. The number of ether oxygens (including phenoxy) is 3. The summed E-state index contributed by atoms with van der Waals surface area (Å²) in [6.45, 7) is 8.00. The Bertz CT molecular complexity index is 818. The van der Waals surface area contributed by atoms with Crippen LogP contribution in [-0.2, 0) is 11.2 Å². The summed E-state index contributed by atoms with van der Waals surface area (Å²) >= 11 is 0. The molecule has 6 rings (SSSR count). The van der Waals surface area contributed by atoms with Crippen molar-refractivity contribution in [1.82, 2.24) is 4.90 Å². The maximum absolute atomic E-state index is 15.6. The van der Waals surface area contributed by atoms with Gasteiger partial charge in [-0.05, 0) is 76.0 Å². The average Bonchev–Trinajstić information content (AvgIpc) is 2.60. The van der Waals surface area contributed by atoms with Crippen LogP contribution in [-0.4, -0.2) is 54.6 Å². The van der Waals surface area contributed by atoms with Gasteiger partial charge in [-0.15, -0.1) is 0 Å². The minimum atomic E-state index is -0.578. The molecule has 3 saturated carbocycles. The molecule has 0 amide bonds. The van der Waals surface area contributed by atoms with Gasteiger partial charge in [0.2, 0.25) is 0 Å². The topological polar surface area (TPSA) is 51.2 Å². The molecule has 1 N–H and O–H groups in total. The van der Waals surface area contributed by atoms with E-state index in [4.69, 9.17) is 14.2 Å². The standard InChI is InChI=1S/C24H34FNO4/c1-23(2,3)30-20-12-26-6-5-15-16(17(26)8-18(20)27)7-19(28-4)22(21(15)25)29-13-24-9-14(10-24)11-24/h7,14,17-18,20,27H,5-6,8-13H2,1-4H3/t14?,17-,18-,20-,24?/m1/s1. The fourth-order valence-electron chi connectivity index (χ4n) is 5.97. The van der Waals surface area contributed by atoms with Crippen molar-refractivity contribution in [3.63, 3.8) is 0 Å². The molecule has 2 bridgehead atoms. The Morgan fingerprint density at radius 1 is 1.27 bits per heavy atom. The van der Waals surface area contributed by atoms with Crippen LogP contribution in [0.2, 0.25) is 0 Å². The molecule has 0 spiro atoms. The zero-order chi connectivity index (χ0) is 21.3. The highest BCUT2D eigenvalue weighted by Gasteiger charge is 2.57. The molecule has 2 aliphatic heterocycles. The predicted molar refractivity (Wildman–Crippen MR) is 111 cm³/mol. The molecule has 1 saturated heterocycles. The van der Waals surface area contributed by atoms with Crippen LogP contribution in [0.4, 0.5) is 4.39 Å². The summed E-state index contributed by atoms with van der Waals surface area (Å²) in [5, 5.41) is 10.8. The molecule has 0 radical (unpaired) electrons. The van der Waals surface area contributed by atoms with Gasteiger partial charge in [-0.3, -0.25) is 4.90 Å². The fraction of sp³-hybridized carbons (Fsp3) is 0.750. The molecule has 0 unspecified atom stereocenters. The van der Waals surface area contributed by atoms with E-state index in [1.165, 1.54) is 19.3 Å². The van der Waals surface area contributed by atoms with Gasteiger partial charge in [0.25, 0.3) is 0 Å². The Balaban J connectivity index is 1.38. The number of hydrogen-bond acceptors (Lipinski definition) is 5. The van der Waals surface area contributed by atoms with E-state index in [0.29, 0.717) is 37.3 Å². The van der Waals surface area contributed by atoms with E-state index < -0.39 is 6.10 Å². The van der Waals surface area contributed by atoms with Gasteiger partial charge in [0, 0.05) is 24.5 Å². The van der Waals surface area contributed by atoms with Crippen LogP contribution in [0.1, 0.15) is 63.6 Å². The molecular formula is C24H34FNO4. The summed E-state index contributed by atoms with van der Waals surface area (Å²) < 4.78 is 33.2. The second kappa shape index (κ2) is 7.07. The third kappa shape index (κ3) is 3.41. The number of methoxy groups -OCH3 is 1. The molecule has 30 heavy (non-hydrogen) atoms. The summed E-state index contributed by atoms with van der Waals surface area (Å²) in [5.41, 5.74) is 1.60. The van der Waals surface area contributed by atoms with Crippen LogP contribution in [0.3, 0.4) is 0 Å². The van der Waals surface area contributed by atoms with E-state index in [9.17, 15) is 5.11 Å². The SMILES string of the molecule is COc1cc2c(c(F)c1OCC13CC(C1)C3)CCN1C[C@@H](OC(C)(C)C)[C@H](O)C[C@H]21. The highest BCUT2D eigenvalue weighted by molar-refractivity contribution is 5.51. The van der Waals surface area contributed by atoms with Crippen molar-refractivity contribution in [2.45, 2.75) is 76.7 Å². The smallest absolute Gasteiger partial charge is 0.197 e. The van der Waals surface area contributed by atoms with Crippen molar-refractivity contribution < 1.29 is 23.7 Å². The Labute approximate surface area is 178 Å². The van der Waals surface area contributed by atoms with Crippen LogP contribution >= 0.6 is 0 Å². The quantitative estimate of drug-likeness (QED) is 0.785. The Kier molecular flexibility index (Phi) is 4.84. The summed E-state index contributed by atoms with van der Waals surface area (Å²) in [6, 6.07) is 1.91. The van der Waals surface area contributed by atoms with Gasteiger partial charge in [0.1, 0.15) is 0 Å². The number of hydrogen-bond donors (Lipinski definition) is 1. The first-order chi connectivity index (χ1) is 14.2. The Morgan fingerprint density at radius 3 is 2.60 bits per heavy atom. The van der Waals surface area contributed by atoms with Crippen molar-refractivity contribution in [1.29, 1.82) is 0 Å². The normalized spacial score (nSPS) is 35.0. The number of nitrogens with zero attached hydrogens (tertiary/aromatic N) is 1. The average molecular weight is 420 g/mol. The lowest BCUT2D eigenvalue weighted by Crippen LogP contribution is -2.55. The second-order valence-electron chi connectivity index (χ2n) is 10.9. The van der Waals surface area contributed by atoms with Gasteiger partial charge in [-0.2, -0.15) is 0 Å². The third-order valence-electron chi connectivity index (χ3n) is 7.49. The van der Waals surface area contributed by atoms with Gasteiger partial charge in [0.15, 0.2) is 17.3 Å². The number of aliphatic hydroxyl groups excluding tert-OH is 1. The van der Waals surface area contributed by atoms with Crippen LogP contribution in [0.5, 0.6) is 11.5 Å². The van der Waals surface area contributed by atoms with Crippen molar-refractivity contribution >= 4 is 0 Å². The largest absolute Gasteiger partial charge is 0.493 e. The lowest BCUT2D eigenvalue weighted by Gasteiger charge is -2.61. The Morgan fingerprint density at radius 2 is 2.00 bits per heavy atom. The molecule has 1 aromatic rings. The summed E-state index contributed by atoms with van der Waals surface area (Å²) in [6.07, 6.45) is 4.00. The van der Waals surface area contributed by atoms with Crippen molar-refractivity contribution in [2.75, 3.05) is 26.8 Å². The number of benzene rings is 1. The lowest BCUT2D eigenvalue weighted by molar-refractivity contribution is -0.149. The number of piperidine rings is 1. The van der Waals surface area contributed by atoms with Crippen molar-refractivity contribution in [2.24, 2.45) is 11.3 Å². The lowest BCUT2D eigenvalue weighted by atomic mass is 9.45. The maximum Gasteiger partial charge on any atom is 0.197 e. The predicted octanol–water partition coefficient (Wildman–Crippen LogP) is 3.86. The van der Waals surface area contributed by atoms with Crippen LogP contribution < -0.4 is 9.47 Å². The molecule has 166 valence electrons. The van der Waals surface area contributed by atoms with Gasteiger partial charge < -0.3 is 19.3 Å². The molecule has 0 aromatic heterocycles. The van der Waals surface area contributed by atoms with E-state index in [-0.39, 0.29) is 34.7 Å². The van der Waals surface area contributed by atoms with Crippen molar-refractivity contribution in [3.05, 3.63) is 23.0 Å². The third-order valence-corrected chi connectivity index (χ3v) is 7.49. The van der Waals surface area contributed by atoms with Gasteiger partial charge in [-0.1, -0.05) is 0 Å². The second-order valence-corrected chi connectivity index (χ2v) is 10.9. The van der Waals surface area contributed by atoms with E-state index >= 15 is 4.39 Å². The molecular weight excluding hydrogens is 385 g/mol. The van der Waals surface area contributed by atoms with Gasteiger partial charge in [-0.25, -0.2) is 4.39 Å². The first kappa shape index (κ1) is 20.5. The summed E-state index contributed by atoms with van der Waals surface area (Å²) in [7, 11) is 1.57. The number of rotatable bonds is 5. The van der Waals surface area contributed by atoms with Crippen LogP contribution in [0.25, 0.3) is 0 Å². The molecule has 3 atom stereocenters. The van der Waals surface area contributed by atoms with E-state index in [2.05, 4.69) is 4.90 Å². The van der Waals surface area contributed by atoms with Crippen LogP contribution in [0, 0.1) is 17.2 Å².